The standard InChI is InChI=1S/C17H20N4O/c22-17(20-11-14-7-3-1-4-8-14)15-12-19-16(13-18-15)21-9-5-2-6-10-21/h1,3-4,7-8,12-13H,2,5-6,9-11H2,(H,20,22). The highest BCUT2D eigenvalue weighted by Gasteiger charge is 2.14. The Morgan fingerprint density at radius 3 is 2.50 bits per heavy atom. The third-order valence-electron chi connectivity index (χ3n) is 3.85. The van der Waals surface area contributed by atoms with E-state index in [9.17, 15) is 4.79 Å². The number of piperidine rings is 1. The average molecular weight is 296 g/mol. The zero-order chi connectivity index (χ0) is 15.2. The Kier molecular flexibility index (Phi) is 4.63. The van der Waals surface area contributed by atoms with Gasteiger partial charge in [0.15, 0.2) is 0 Å². The van der Waals surface area contributed by atoms with Crippen LogP contribution in [0.15, 0.2) is 42.7 Å². The van der Waals surface area contributed by atoms with E-state index < -0.39 is 0 Å². The third kappa shape index (κ3) is 3.61. The van der Waals surface area contributed by atoms with Gasteiger partial charge in [-0.05, 0) is 24.8 Å². The molecule has 1 fully saturated rings. The maximum absolute atomic E-state index is 12.1. The Labute approximate surface area is 130 Å². The van der Waals surface area contributed by atoms with Crippen LogP contribution >= 0.6 is 0 Å². The Morgan fingerprint density at radius 2 is 1.82 bits per heavy atom. The van der Waals surface area contributed by atoms with E-state index in [1.54, 1.807) is 12.4 Å². The molecule has 1 N–H and O–H groups in total. The number of hydrogen-bond acceptors (Lipinski definition) is 4. The summed E-state index contributed by atoms with van der Waals surface area (Å²) in [7, 11) is 0. The smallest absolute Gasteiger partial charge is 0.271 e. The number of carbonyl (C=O) groups excluding carboxylic acids is 1. The van der Waals surface area contributed by atoms with Gasteiger partial charge >= 0.3 is 0 Å². The highest BCUT2D eigenvalue weighted by Crippen LogP contribution is 2.16. The van der Waals surface area contributed by atoms with Gasteiger partial charge in [0, 0.05) is 19.6 Å². The molecule has 5 nitrogen and oxygen atoms in total. The second-order valence-corrected chi connectivity index (χ2v) is 5.48. The molecule has 2 heterocycles. The van der Waals surface area contributed by atoms with E-state index in [1.165, 1.54) is 19.3 Å². The van der Waals surface area contributed by atoms with Crippen molar-refractivity contribution in [3.05, 3.63) is 54.0 Å². The first kappa shape index (κ1) is 14.5. The van der Waals surface area contributed by atoms with Crippen LogP contribution < -0.4 is 10.2 Å². The van der Waals surface area contributed by atoms with Gasteiger partial charge in [-0.1, -0.05) is 30.3 Å². The van der Waals surface area contributed by atoms with E-state index in [2.05, 4.69) is 20.2 Å². The summed E-state index contributed by atoms with van der Waals surface area (Å²) in [5.41, 5.74) is 1.42. The van der Waals surface area contributed by atoms with Gasteiger partial charge in [0.2, 0.25) is 0 Å². The van der Waals surface area contributed by atoms with Gasteiger partial charge in [0.1, 0.15) is 11.5 Å². The fourth-order valence-electron chi connectivity index (χ4n) is 2.59. The molecule has 0 saturated carbocycles. The Hall–Kier alpha value is -2.43. The predicted molar refractivity (Wildman–Crippen MR) is 85.7 cm³/mol. The van der Waals surface area contributed by atoms with Gasteiger partial charge < -0.3 is 10.2 Å². The number of hydrogen-bond donors (Lipinski definition) is 1. The van der Waals surface area contributed by atoms with Crippen molar-refractivity contribution < 1.29 is 4.79 Å². The molecule has 0 unspecified atom stereocenters. The Balaban J connectivity index is 1.58. The molecule has 1 aliphatic heterocycles. The van der Waals surface area contributed by atoms with Crippen LogP contribution in [-0.2, 0) is 6.54 Å². The van der Waals surface area contributed by atoms with Crippen LogP contribution in [0.3, 0.4) is 0 Å². The lowest BCUT2D eigenvalue weighted by atomic mass is 10.1. The molecule has 0 atom stereocenters. The summed E-state index contributed by atoms with van der Waals surface area (Å²) in [6, 6.07) is 9.82. The molecule has 0 radical (unpaired) electrons. The first-order valence-electron chi connectivity index (χ1n) is 7.72. The van der Waals surface area contributed by atoms with Crippen molar-refractivity contribution in [3.8, 4) is 0 Å². The summed E-state index contributed by atoms with van der Waals surface area (Å²) >= 11 is 0. The Morgan fingerprint density at radius 1 is 1.05 bits per heavy atom. The minimum Gasteiger partial charge on any atom is -0.355 e. The lowest BCUT2D eigenvalue weighted by Gasteiger charge is -2.27. The van der Waals surface area contributed by atoms with Crippen LogP contribution in [0.1, 0.15) is 35.3 Å². The number of nitrogens with one attached hydrogen (secondary N) is 1. The van der Waals surface area contributed by atoms with Gasteiger partial charge in [-0.2, -0.15) is 0 Å². The molecular weight excluding hydrogens is 276 g/mol. The first-order chi connectivity index (χ1) is 10.8. The topological polar surface area (TPSA) is 58.1 Å². The summed E-state index contributed by atoms with van der Waals surface area (Å²) in [4.78, 5) is 22.9. The molecule has 0 aliphatic carbocycles. The third-order valence-corrected chi connectivity index (χ3v) is 3.85. The SMILES string of the molecule is O=C(NCc1ccccc1)c1cnc(N2CCCCC2)cn1. The van der Waals surface area contributed by atoms with Crippen LogP contribution in [0.4, 0.5) is 5.82 Å². The van der Waals surface area contributed by atoms with E-state index in [4.69, 9.17) is 0 Å². The van der Waals surface area contributed by atoms with Gasteiger partial charge in [-0.3, -0.25) is 4.79 Å². The maximum atomic E-state index is 12.1. The second kappa shape index (κ2) is 7.02. The summed E-state index contributed by atoms with van der Waals surface area (Å²) in [5, 5.41) is 2.86. The lowest BCUT2D eigenvalue weighted by molar-refractivity contribution is 0.0945. The molecule has 1 aliphatic rings. The van der Waals surface area contributed by atoms with Gasteiger partial charge in [0.25, 0.3) is 5.91 Å². The van der Waals surface area contributed by atoms with E-state index in [0.717, 1.165) is 24.5 Å². The highest BCUT2D eigenvalue weighted by atomic mass is 16.1. The molecule has 5 heteroatoms. The quantitative estimate of drug-likeness (QED) is 0.941. The number of carbonyl (C=O) groups is 1. The van der Waals surface area contributed by atoms with E-state index >= 15 is 0 Å². The van der Waals surface area contributed by atoms with Gasteiger partial charge in [0.05, 0.1) is 12.4 Å². The first-order valence-corrected chi connectivity index (χ1v) is 7.72. The van der Waals surface area contributed by atoms with E-state index in [1.807, 2.05) is 30.3 Å². The minimum absolute atomic E-state index is 0.193. The molecule has 0 spiro atoms. The van der Waals surface area contributed by atoms with Crippen molar-refractivity contribution in [1.82, 2.24) is 15.3 Å². The molecule has 114 valence electrons. The highest BCUT2D eigenvalue weighted by molar-refractivity contribution is 5.91. The van der Waals surface area contributed by atoms with Crippen LogP contribution in [0.25, 0.3) is 0 Å². The molecule has 1 saturated heterocycles. The number of aromatic nitrogens is 2. The number of rotatable bonds is 4. The van der Waals surface area contributed by atoms with E-state index in [-0.39, 0.29) is 5.91 Å². The normalized spacial score (nSPS) is 14.6. The van der Waals surface area contributed by atoms with Crippen LogP contribution in [0, 0.1) is 0 Å². The number of anilines is 1. The predicted octanol–water partition coefficient (Wildman–Crippen LogP) is 2.40. The van der Waals surface area contributed by atoms with Crippen LogP contribution in [0.2, 0.25) is 0 Å². The molecule has 1 aromatic carbocycles. The zero-order valence-corrected chi connectivity index (χ0v) is 12.5. The van der Waals surface area contributed by atoms with Crippen LogP contribution in [0.5, 0.6) is 0 Å². The largest absolute Gasteiger partial charge is 0.355 e. The lowest BCUT2D eigenvalue weighted by Crippen LogP contribution is -2.30. The molecule has 1 amide bonds. The zero-order valence-electron chi connectivity index (χ0n) is 12.5. The van der Waals surface area contributed by atoms with Crippen LogP contribution in [-0.4, -0.2) is 29.0 Å². The molecule has 1 aromatic heterocycles. The number of nitrogens with zero attached hydrogens (tertiary/aromatic N) is 3. The minimum atomic E-state index is -0.193. The van der Waals surface area contributed by atoms with Crippen molar-refractivity contribution in [1.29, 1.82) is 0 Å². The van der Waals surface area contributed by atoms with E-state index in [0.29, 0.717) is 12.2 Å². The van der Waals surface area contributed by atoms with Crippen molar-refractivity contribution >= 4 is 11.7 Å². The summed E-state index contributed by atoms with van der Waals surface area (Å²) in [6.07, 6.45) is 6.93. The summed E-state index contributed by atoms with van der Waals surface area (Å²) in [6.45, 7) is 2.54. The Bertz CT molecular complexity index is 606. The molecular formula is C17H20N4O. The number of amides is 1. The number of benzene rings is 1. The van der Waals surface area contributed by atoms with Crippen molar-refractivity contribution in [2.24, 2.45) is 0 Å². The summed E-state index contributed by atoms with van der Waals surface area (Å²) in [5.74, 6) is 0.667. The van der Waals surface area contributed by atoms with Crippen molar-refractivity contribution in [2.45, 2.75) is 25.8 Å². The fraction of sp³-hybridized carbons (Fsp3) is 0.353. The molecule has 3 rings (SSSR count). The summed E-state index contributed by atoms with van der Waals surface area (Å²) < 4.78 is 0. The fourth-order valence-corrected chi connectivity index (χ4v) is 2.59. The average Bonchev–Trinajstić information content (AvgIpc) is 2.61. The van der Waals surface area contributed by atoms with Crippen molar-refractivity contribution in [3.63, 3.8) is 0 Å². The van der Waals surface area contributed by atoms with Crippen molar-refractivity contribution in [2.75, 3.05) is 18.0 Å². The molecule has 0 bridgehead atoms. The molecule has 22 heavy (non-hydrogen) atoms. The monoisotopic (exact) mass is 296 g/mol. The molecule has 2 aromatic rings. The maximum Gasteiger partial charge on any atom is 0.271 e. The van der Waals surface area contributed by atoms with Gasteiger partial charge in [-0.15, -0.1) is 0 Å². The second-order valence-electron chi connectivity index (χ2n) is 5.48. The van der Waals surface area contributed by atoms with Gasteiger partial charge in [-0.25, -0.2) is 9.97 Å².